The van der Waals surface area contributed by atoms with Crippen LogP contribution in [0.5, 0.6) is 0 Å². The molecule has 0 aliphatic heterocycles. The number of para-hydroxylation sites is 1. The lowest BCUT2D eigenvalue weighted by molar-refractivity contribution is -0.142. The molecule has 0 bridgehead atoms. The van der Waals surface area contributed by atoms with Crippen molar-refractivity contribution in [3.8, 4) is 0 Å². The minimum Gasteiger partial charge on any atom is -0.481 e. The number of H-pyrrole nitrogens is 1. The van der Waals surface area contributed by atoms with E-state index in [1.165, 1.54) is 0 Å². The Balaban J connectivity index is 1.48. The molecule has 0 saturated carbocycles. The van der Waals surface area contributed by atoms with E-state index < -0.39 is 181 Å². The highest BCUT2D eigenvalue weighted by Gasteiger charge is 2.39. The van der Waals surface area contributed by atoms with Gasteiger partial charge < -0.3 is 112 Å². The molecule has 592 valence electrons. The van der Waals surface area contributed by atoms with Crippen molar-refractivity contribution >= 4 is 119 Å². The fraction of sp³-hybridized carbons (Fsp3) is 0.444. The van der Waals surface area contributed by atoms with Gasteiger partial charge in [-0.2, -0.15) is 25.3 Å². The first-order chi connectivity index (χ1) is 52.0. The summed E-state index contributed by atoms with van der Waals surface area (Å²) in [4.78, 5) is 184. The van der Waals surface area contributed by atoms with Crippen molar-refractivity contribution in [3.05, 3.63) is 144 Å². The zero-order chi connectivity index (χ0) is 80.3. The Morgan fingerprint density at radius 3 is 1.24 bits per heavy atom. The second-order valence-electron chi connectivity index (χ2n) is 25.8. The Kier molecular flexibility index (Phi) is 37.4. The van der Waals surface area contributed by atoms with Gasteiger partial charge in [-0.15, -0.1) is 0 Å². The molecule has 5 aromatic rings. The van der Waals surface area contributed by atoms with Crippen LogP contribution >= 0.6 is 25.3 Å². The van der Waals surface area contributed by atoms with E-state index in [4.69, 9.17) is 22.6 Å². The lowest BCUT2D eigenvalue weighted by atomic mass is 10.00. The highest BCUT2D eigenvalue weighted by Crippen LogP contribution is 2.21. The van der Waals surface area contributed by atoms with E-state index in [-0.39, 0.29) is 81.9 Å². The molecule has 109 heavy (non-hydrogen) atoms. The Hall–Kier alpha value is -10.7. The van der Waals surface area contributed by atoms with Gasteiger partial charge in [0.2, 0.25) is 65.0 Å². The molecule has 0 spiro atoms. The Morgan fingerprint density at radius 2 is 0.817 bits per heavy atom. The number of carboxylic acid groups (broad SMARTS) is 2. The normalized spacial score (nSPS) is 15.0. The fourth-order valence-corrected chi connectivity index (χ4v) is 11.6. The van der Waals surface area contributed by atoms with Gasteiger partial charge in [0.05, 0.1) is 24.9 Å². The molecule has 1 aromatic heterocycles. The van der Waals surface area contributed by atoms with Gasteiger partial charge in [0.25, 0.3) is 0 Å². The van der Waals surface area contributed by atoms with Crippen LogP contribution in [0.2, 0.25) is 0 Å². The van der Waals surface area contributed by atoms with E-state index in [1.54, 1.807) is 121 Å². The van der Waals surface area contributed by atoms with Gasteiger partial charge >= 0.3 is 11.9 Å². The van der Waals surface area contributed by atoms with Crippen LogP contribution in [0.15, 0.2) is 121 Å². The number of carbonyl (C=O) groups is 13. The zero-order valence-corrected chi connectivity index (χ0v) is 61.9. The number of unbranched alkanes of at least 4 members (excludes halogenated alkanes) is 1. The second kappa shape index (κ2) is 45.8. The number of nitrogens with two attached hydrogens (primary N) is 3. The predicted octanol–water partition coefficient (Wildman–Crippen LogP) is -3.95. The van der Waals surface area contributed by atoms with Crippen molar-refractivity contribution in [2.75, 3.05) is 31.2 Å². The topological polar surface area (TPSA) is 585 Å². The molecule has 4 aromatic carbocycles. The monoisotopic (exact) mass is 1550 g/mol. The van der Waals surface area contributed by atoms with Crippen molar-refractivity contribution < 1.29 is 87.9 Å². The summed E-state index contributed by atoms with van der Waals surface area (Å²) in [6, 6.07) is 12.5. The molecule has 0 fully saturated rings. The summed E-state index contributed by atoms with van der Waals surface area (Å²) in [5, 5.41) is 89.5. The molecule has 37 heteroatoms. The van der Waals surface area contributed by atoms with Gasteiger partial charge in [-0.25, -0.2) is 4.79 Å². The fourth-order valence-electron chi connectivity index (χ4n) is 11.2. The number of carboxylic acids is 2. The highest BCUT2D eigenvalue weighted by atomic mass is 32.1. The Bertz CT molecular complexity index is 3880. The second-order valence-corrected chi connectivity index (χ2v) is 26.6. The third-order valence-corrected chi connectivity index (χ3v) is 18.0. The number of benzene rings is 4. The summed E-state index contributed by atoms with van der Waals surface area (Å²) in [5.74, 6) is -15.0. The molecule has 25 N–H and O–H groups in total. The number of rotatable bonds is 47. The summed E-state index contributed by atoms with van der Waals surface area (Å²) in [6.45, 7) is 1.42. The van der Waals surface area contributed by atoms with Gasteiger partial charge in [-0.1, -0.05) is 109 Å². The summed E-state index contributed by atoms with van der Waals surface area (Å²) in [7, 11) is 0. The number of aliphatic hydroxyl groups excluding tert-OH is 3. The van der Waals surface area contributed by atoms with Crippen LogP contribution in [0.1, 0.15) is 81.0 Å². The van der Waals surface area contributed by atoms with Gasteiger partial charge in [0, 0.05) is 67.3 Å². The molecule has 1 heterocycles. The first kappa shape index (κ1) is 88.9. The maximum Gasteiger partial charge on any atom is 0.327 e. The van der Waals surface area contributed by atoms with E-state index in [2.05, 4.69) is 94.0 Å². The number of amides is 11. The molecular weight excluding hydrogens is 1460 g/mol. The molecule has 11 amide bonds. The van der Waals surface area contributed by atoms with Crippen molar-refractivity contribution in [2.24, 2.45) is 17.2 Å². The van der Waals surface area contributed by atoms with Crippen LogP contribution in [0.3, 0.4) is 0 Å². The van der Waals surface area contributed by atoms with E-state index in [0.29, 0.717) is 39.6 Å². The molecule has 0 aliphatic rings. The molecular formula is C72H99N17O18S2. The van der Waals surface area contributed by atoms with Gasteiger partial charge in [-0.05, 0) is 87.2 Å². The summed E-state index contributed by atoms with van der Waals surface area (Å²) in [6.07, 6.45) is -3.70. The predicted molar refractivity (Wildman–Crippen MR) is 406 cm³/mol. The number of fused-ring (bicyclic) bond motifs is 1. The van der Waals surface area contributed by atoms with E-state index in [9.17, 15) is 73.5 Å². The minimum absolute atomic E-state index is 0.0841. The number of hydrogen-bond acceptors (Lipinski definition) is 21. The minimum atomic E-state index is -1.90. The van der Waals surface area contributed by atoms with Crippen LogP contribution in [0, 0.1) is 5.41 Å². The largest absolute Gasteiger partial charge is 0.481 e. The third kappa shape index (κ3) is 29.8. The Labute approximate surface area is 639 Å². The molecule has 35 nitrogen and oxygen atoms in total. The van der Waals surface area contributed by atoms with E-state index in [1.807, 2.05) is 0 Å². The maximum atomic E-state index is 15.3. The van der Waals surface area contributed by atoms with Crippen LogP contribution in [0.25, 0.3) is 10.9 Å². The number of aliphatic hydroxyl groups is 3. The highest BCUT2D eigenvalue weighted by molar-refractivity contribution is 7.80. The molecule has 5 rings (SSSR count). The third-order valence-electron chi connectivity index (χ3n) is 17.2. The van der Waals surface area contributed by atoms with Crippen molar-refractivity contribution in [1.29, 1.82) is 5.41 Å². The number of aromatic nitrogens is 1. The van der Waals surface area contributed by atoms with E-state index in [0.717, 1.165) is 13.8 Å². The van der Waals surface area contributed by atoms with Crippen LogP contribution < -0.4 is 81.0 Å². The summed E-state index contributed by atoms with van der Waals surface area (Å²) < 4.78 is 0. The number of nitrogens with one attached hydrogen (secondary N) is 14. The molecule has 0 saturated heterocycles. The molecule has 14 atom stereocenters. The number of aromatic amines is 1. The molecule has 0 radical (unpaired) electrons. The average molecular weight is 1550 g/mol. The van der Waals surface area contributed by atoms with Crippen molar-refractivity contribution in [1.82, 2.24) is 68.8 Å². The zero-order valence-electron chi connectivity index (χ0n) is 60.1. The van der Waals surface area contributed by atoms with Crippen molar-refractivity contribution in [2.45, 2.75) is 169 Å². The van der Waals surface area contributed by atoms with Crippen molar-refractivity contribution in [3.63, 3.8) is 0 Å². The van der Waals surface area contributed by atoms with Crippen LogP contribution in [-0.2, 0) is 88.0 Å². The first-order valence-corrected chi connectivity index (χ1v) is 36.4. The van der Waals surface area contributed by atoms with Gasteiger partial charge in [0.1, 0.15) is 66.5 Å². The summed E-state index contributed by atoms with van der Waals surface area (Å²) >= 11 is 7.96. The van der Waals surface area contributed by atoms with E-state index >= 15 is 14.4 Å². The maximum absolute atomic E-state index is 15.3. The van der Waals surface area contributed by atoms with Crippen LogP contribution in [0.4, 0.5) is 0 Å². The average Bonchev–Trinajstić information content (AvgIpc) is 1.33. The summed E-state index contributed by atoms with van der Waals surface area (Å²) in [5.41, 5.74) is 19.8. The van der Waals surface area contributed by atoms with Gasteiger partial charge in [-0.3, -0.25) is 62.9 Å². The lowest BCUT2D eigenvalue weighted by Gasteiger charge is -2.29. The lowest BCUT2D eigenvalue weighted by Crippen LogP contribution is -2.63. The van der Waals surface area contributed by atoms with Gasteiger partial charge in [0.15, 0.2) is 5.96 Å². The molecule has 0 unspecified atom stereocenters. The number of guanidine groups is 1. The first-order valence-electron chi connectivity index (χ1n) is 35.1. The number of thiol groups is 2. The molecule has 0 aliphatic carbocycles. The number of carbonyl (C=O) groups excluding carboxylic acids is 11. The SMILES string of the molecule is C[C@@H](O)[C@H](NC(=O)[C@H](Cc1ccccc1)NC(=O)[C@@H](NC(=O)[C@H](CCCCN)NC(=O)[C@@H](Cc1c[nH]c2ccccc12)NC(=O)[C@H](Cc1ccccc1)NC(=O)[C@H](Cc1ccccc1)NC(=O)[C@H](CCC(=O)O)NC(=O)[C@H](CCCNC(=N)N)NC(=O)[C@@H](N)CS)[C@@H](C)O)C(=O)N[C@@H](CO)C(=O)N[C@@H](CS)C(=O)O. The van der Waals surface area contributed by atoms with Crippen LogP contribution in [-0.4, -0.2) is 229 Å². The Morgan fingerprint density at radius 1 is 0.450 bits per heavy atom. The number of aliphatic carboxylic acids is 2. The quantitative estimate of drug-likeness (QED) is 0.00765. The smallest absolute Gasteiger partial charge is 0.327 e. The number of hydrogen-bond donors (Lipinski definition) is 24. The standard InChI is InChI=1S/C72H99N17O18S2/c1-39(91)58(69(104)85-53(33-43-21-10-5-11-22-43)67(102)89-59(40(2)92)70(105)86-55(36-90)68(103)87-56(38-109)71(106)107)88-63(98)48(25-14-15-29-73)80-66(101)54(34-44-35-78-47-24-13-12-23-45(44)47)84-65(100)52(32-42-19-8-4-9-20-42)83-64(99)51(31-41-17-6-3-7-18-41)82-62(97)50(27-28-57(93)94)81-61(96)49(26-16-30-77-72(75)76)79-60(95)46(74)37-108/h3-13,17-24,35,39-40,46,48-56,58-59,78,90-92,108-109H,14-16,25-34,36-38,73-74H2,1-2H3,(H,79,95)(H,80,101)(H,81,96)(H,82,97)(H,83,99)(H,84,100)(H,85,104)(H,86,105)(H,87,103)(H,88,98)(H,89,102)(H,93,94)(H,106,107)(H4,75,76,77)/t39-,40-,46+,48+,49+,50+,51+,52+,53+,54-,55+,56+,58+,59+/m1/s1.